The number of nitrogens with zero attached hydrogens (tertiary/aromatic N) is 2. The Balaban J connectivity index is 0.00000243. The summed E-state index contributed by atoms with van der Waals surface area (Å²) < 4.78 is 5.42. The van der Waals surface area contributed by atoms with Crippen molar-refractivity contribution in [2.75, 3.05) is 19.6 Å². The number of rotatable bonds is 6. The molecule has 1 saturated carbocycles. The van der Waals surface area contributed by atoms with Gasteiger partial charge in [-0.05, 0) is 44.7 Å². The van der Waals surface area contributed by atoms with Crippen LogP contribution in [-0.4, -0.2) is 48.6 Å². The fourth-order valence-electron chi connectivity index (χ4n) is 3.92. The van der Waals surface area contributed by atoms with Gasteiger partial charge in [0.1, 0.15) is 5.76 Å². The molecule has 5 nitrogen and oxygen atoms in total. The van der Waals surface area contributed by atoms with E-state index in [0.29, 0.717) is 24.0 Å². The van der Waals surface area contributed by atoms with Gasteiger partial charge in [0.25, 0.3) is 0 Å². The van der Waals surface area contributed by atoms with Crippen molar-refractivity contribution in [2.24, 2.45) is 10.9 Å². The van der Waals surface area contributed by atoms with Crippen LogP contribution in [0.1, 0.15) is 52.2 Å². The maximum absolute atomic E-state index is 5.42. The van der Waals surface area contributed by atoms with Crippen LogP contribution in [0.2, 0.25) is 0 Å². The summed E-state index contributed by atoms with van der Waals surface area (Å²) in [4.78, 5) is 7.40. The highest BCUT2D eigenvalue weighted by molar-refractivity contribution is 14.0. The zero-order chi connectivity index (χ0) is 17.6. The van der Waals surface area contributed by atoms with Gasteiger partial charge in [0, 0.05) is 44.2 Å². The number of likely N-dealkylation sites (tertiary alicyclic amines) is 1. The van der Waals surface area contributed by atoms with Crippen molar-refractivity contribution in [3.05, 3.63) is 24.2 Å². The summed E-state index contributed by atoms with van der Waals surface area (Å²) in [6.07, 6.45) is 7.77. The number of hydrogen-bond donors (Lipinski definition) is 2. The second-order valence-corrected chi connectivity index (χ2v) is 7.96. The highest BCUT2D eigenvalue weighted by Gasteiger charge is 2.31. The molecule has 2 aliphatic rings. The van der Waals surface area contributed by atoms with Crippen molar-refractivity contribution in [2.45, 2.75) is 71.0 Å². The van der Waals surface area contributed by atoms with Crippen molar-refractivity contribution >= 4 is 29.9 Å². The molecule has 148 valence electrons. The van der Waals surface area contributed by atoms with E-state index in [9.17, 15) is 0 Å². The molecule has 1 aromatic heterocycles. The molecule has 1 aliphatic carbocycles. The second-order valence-electron chi connectivity index (χ2n) is 7.96. The van der Waals surface area contributed by atoms with Gasteiger partial charge in [-0.2, -0.15) is 0 Å². The van der Waals surface area contributed by atoms with E-state index < -0.39 is 0 Å². The fourth-order valence-corrected chi connectivity index (χ4v) is 3.92. The zero-order valence-electron chi connectivity index (χ0n) is 16.4. The van der Waals surface area contributed by atoms with E-state index in [-0.39, 0.29) is 24.0 Å². The topological polar surface area (TPSA) is 52.8 Å². The fraction of sp³-hybridized carbons (Fsp3) is 0.750. The molecular weight excluding hydrogens is 439 g/mol. The van der Waals surface area contributed by atoms with Gasteiger partial charge in [0.15, 0.2) is 5.96 Å². The van der Waals surface area contributed by atoms with E-state index in [1.54, 1.807) is 6.26 Å². The predicted molar refractivity (Wildman–Crippen MR) is 118 cm³/mol. The van der Waals surface area contributed by atoms with Gasteiger partial charge in [-0.1, -0.05) is 19.8 Å². The summed E-state index contributed by atoms with van der Waals surface area (Å²) in [5.74, 6) is 2.63. The summed E-state index contributed by atoms with van der Waals surface area (Å²) in [6.45, 7) is 9.93. The molecule has 2 N–H and O–H groups in total. The molecule has 0 radical (unpaired) electrons. The number of halogens is 1. The minimum atomic E-state index is 0. The van der Waals surface area contributed by atoms with Crippen LogP contribution in [0.5, 0.6) is 0 Å². The van der Waals surface area contributed by atoms with E-state index in [1.807, 2.05) is 12.1 Å². The molecule has 0 bridgehead atoms. The van der Waals surface area contributed by atoms with Gasteiger partial charge in [-0.15, -0.1) is 24.0 Å². The molecule has 0 aromatic carbocycles. The minimum Gasteiger partial charge on any atom is -0.469 e. The van der Waals surface area contributed by atoms with Crippen LogP contribution >= 0.6 is 24.0 Å². The number of aliphatic imine (C=N–C) groups is 1. The van der Waals surface area contributed by atoms with Crippen LogP contribution in [0, 0.1) is 5.92 Å². The van der Waals surface area contributed by atoms with Crippen LogP contribution in [0.25, 0.3) is 0 Å². The molecule has 2 heterocycles. The highest BCUT2D eigenvalue weighted by Crippen LogP contribution is 2.20. The third kappa shape index (κ3) is 6.15. The number of furan rings is 1. The molecule has 2 fully saturated rings. The average molecular weight is 474 g/mol. The van der Waals surface area contributed by atoms with Crippen molar-refractivity contribution in [3.8, 4) is 0 Å². The maximum atomic E-state index is 5.42. The third-order valence-corrected chi connectivity index (χ3v) is 5.60. The van der Waals surface area contributed by atoms with Gasteiger partial charge in [-0.3, -0.25) is 9.89 Å². The van der Waals surface area contributed by atoms with Crippen LogP contribution in [0.15, 0.2) is 27.8 Å². The lowest BCUT2D eigenvalue weighted by Crippen LogP contribution is -2.49. The molecule has 2 unspecified atom stereocenters. The number of guanidine groups is 1. The Morgan fingerprint density at radius 1 is 1.27 bits per heavy atom. The summed E-state index contributed by atoms with van der Waals surface area (Å²) in [5, 5.41) is 7.40. The van der Waals surface area contributed by atoms with Gasteiger partial charge in [0.05, 0.1) is 6.26 Å². The lowest BCUT2D eigenvalue weighted by atomic mass is 10.1. The molecule has 2 atom stereocenters. The number of nitrogens with one attached hydrogen (secondary N) is 2. The van der Waals surface area contributed by atoms with Crippen molar-refractivity contribution in [1.82, 2.24) is 15.5 Å². The molecule has 1 aromatic rings. The monoisotopic (exact) mass is 474 g/mol. The molecule has 0 spiro atoms. The molecule has 26 heavy (non-hydrogen) atoms. The van der Waals surface area contributed by atoms with Gasteiger partial charge in [0.2, 0.25) is 0 Å². The first-order valence-corrected chi connectivity index (χ1v) is 9.95. The van der Waals surface area contributed by atoms with Gasteiger partial charge < -0.3 is 15.1 Å². The Kier molecular flexibility index (Phi) is 8.73. The Morgan fingerprint density at radius 2 is 2.04 bits per heavy atom. The predicted octanol–water partition coefficient (Wildman–Crippen LogP) is 3.65. The molecule has 6 heteroatoms. The molecular formula is C20H35IN4O. The first-order valence-electron chi connectivity index (χ1n) is 9.95. The normalized spacial score (nSPS) is 24.8. The van der Waals surface area contributed by atoms with E-state index in [1.165, 1.54) is 32.2 Å². The second kappa shape index (κ2) is 10.5. The van der Waals surface area contributed by atoms with Crippen LogP contribution in [0.4, 0.5) is 0 Å². The lowest BCUT2D eigenvalue weighted by Gasteiger charge is -2.24. The summed E-state index contributed by atoms with van der Waals surface area (Å²) in [6, 6.07) is 5.62. The first kappa shape index (κ1) is 21.5. The molecule has 0 amide bonds. The SMILES string of the molecule is CC1CN(C(C)C)CC1NC(=NCCc1ccco1)NC1CCCC1.I. The molecule has 3 rings (SSSR count). The summed E-state index contributed by atoms with van der Waals surface area (Å²) in [5.41, 5.74) is 0. The molecule has 1 saturated heterocycles. The lowest BCUT2D eigenvalue weighted by molar-refractivity contribution is 0.265. The number of hydrogen-bond acceptors (Lipinski definition) is 3. The Bertz CT molecular complexity index is 540. The maximum Gasteiger partial charge on any atom is 0.191 e. The zero-order valence-corrected chi connectivity index (χ0v) is 18.7. The van der Waals surface area contributed by atoms with Crippen molar-refractivity contribution < 1.29 is 4.42 Å². The van der Waals surface area contributed by atoms with Crippen molar-refractivity contribution in [1.29, 1.82) is 0 Å². The Morgan fingerprint density at radius 3 is 2.65 bits per heavy atom. The minimum absolute atomic E-state index is 0. The van der Waals surface area contributed by atoms with E-state index in [4.69, 9.17) is 9.41 Å². The summed E-state index contributed by atoms with van der Waals surface area (Å²) in [7, 11) is 0. The standard InChI is InChI=1S/C20H34N4O.HI/c1-15(2)24-13-16(3)19(14-24)23-20(22-17-7-4-5-8-17)21-11-10-18-9-6-12-25-18;/h6,9,12,15-17,19H,4-5,7-8,10-11,13-14H2,1-3H3,(H2,21,22,23);1H. The van der Waals surface area contributed by atoms with Crippen LogP contribution in [-0.2, 0) is 6.42 Å². The van der Waals surface area contributed by atoms with E-state index in [2.05, 4.69) is 36.3 Å². The third-order valence-electron chi connectivity index (χ3n) is 5.60. The molecule has 1 aliphatic heterocycles. The Hall–Kier alpha value is -0.760. The Labute approximate surface area is 175 Å². The first-order chi connectivity index (χ1) is 12.1. The largest absolute Gasteiger partial charge is 0.469 e. The van der Waals surface area contributed by atoms with Crippen molar-refractivity contribution in [3.63, 3.8) is 0 Å². The summed E-state index contributed by atoms with van der Waals surface area (Å²) >= 11 is 0. The van der Waals surface area contributed by atoms with Gasteiger partial charge >= 0.3 is 0 Å². The van der Waals surface area contributed by atoms with E-state index in [0.717, 1.165) is 31.2 Å². The average Bonchev–Trinajstić information content (AvgIpc) is 3.31. The quantitative estimate of drug-likeness (QED) is 0.376. The van der Waals surface area contributed by atoms with Gasteiger partial charge in [-0.25, -0.2) is 0 Å². The van der Waals surface area contributed by atoms with Crippen LogP contribution < -0.4 is 10.6 Å². The smallest absolute Gasteiger partial charge is 0.191 e. The van der Waals surface area contributed by atoms with E-state index >= 15 is 0 Å². The highest BCUT2D eigenvalue weighted by atomic mass is 127. The van der Waals surface area contributed by atoms with Crippen LogP contribution in [0.3, 0.4) is 0 Å².